The fraction of sp³-hybridized carbons (Fsp3) is 0.176. The summed E-state index contributed by atoms with van der Waals surface area (Å²) >= 11 is 5.85. The number of carbonyl (C=O) groups excluding carboxylic acids is 1. The first-order chi connectivity index (χ1) is 11.2. The summed E-state index contributed by atoms with van der Waals surface area (Å²) in [6.07, 6.45) is 2.52. The second-order valence-corrected chi connectivity index (χ2v) is 5.19. The maximum atomic E-state index is 11.7. The van der Waals surface area contributed by atoms with Gasteiger partial charge in [0, 0.05) is 10.7 Å². The number of rotatable bonds is 6. The van der Waals surface area contributed by atoms with Gasteiger partial charge in [0.15, 0.2) is 0 Å². The lowest BCUT2D eigenvalue weighted by molar-refractivity contribution is 0.252. The molecule has 0 spiro atoms. The third-order valence-electron chi connectivity index (χ3n) is 2.82. The van der Waals surface area contributed by atoms with E-state index in [1.54, 1.807) is 30.5 Å². The number of amides is 2. The predicted octanol–water partition coefficient (Wildman–Crippen LogP) is 4.28. The van der Waals surface area contributed by atoms with E-state index in [0.29, 0.717) is 17.3 Å². The third-order valence-corrected chi connectivity index (χ3v) is 3.05. The van der Waals surface area contributed by atoms with Crippen molar-refractivity contribution >= 4 is 29.5 Å². The van der Waals surface area contributed by atoms with Gasteiger partial charge in [-0.1, -0.05) is 24.6 Å². The average molecular weight is 332 g/mol. The Morgan fingerprint density at radius 3 is 2.74 bits per heavy atom. The standard InChI is InChI=1S/C17H18ClN3O2/c1-2-10-23-16-8-6-13(7-9-16)12-19-21-17(22)20-15-5-3-4-14(18)11-15/h3-9,11-12H,2,10H2,1H3,(H2,20,21,22)/b19-12-. The molecule has 0 bridgehead atoms. The lowest BCUT2D eigenvalue weighted by atomic mass is 10.2. The van der Waals surface area contributed by atoms with Crippen LogP contribution in [-0.2, 0) is 0 Å². The molecule has 0 aromatic heterocycles. The smallest absolute Gasteiger partial charge is 0.339 e. The van der Waals surface area contributed by atoms with E-state index >= 15 is 0 Å². The predicted molar refractivity (Wildman–Crippen MR) is 93.4 cm³/mol. The highest BCUT2D eigenvalue weighted by Gasteiger charge is 2.00. The van der Waals surface area contributed by atoms with Gasteiger partial charge in [-0.15, -0.1) is 0 Å². The van der Waals surface area contributed by atoms with Gasteiger partial charge >= 0.3 is 6.03 Å². The Labute approximate surface area is 140 Å². The van der Waals surface area contributed by atoms with Crippen molar-refractivity contribution in [3.63, 3.8) is 0 Å². The van der Waals surface area contributed by atoms with Crippen molar-refractivity contribution in [1.82, 2.24) is 5.43 Å². The highest BCUT2D eigenvalue weighted by molar-refractivity contribution is 6.30. The van der Waals surface area contributed by atoms with Crippen LogP contribution in [0, 0.1) is 0 Å². The van der Waals surface area contributed by atoms with Crippen LogP contribution in [0.15, 0.2) is 53.6 Å². The first-order valence-electron chi connectivity index (χ1n) is 7.26. The fourth-order valence-electron chi connectivity index (χ4n) is 1.76. The maximum Gasteiger partial charge on any atom is 0.339 e. The molecule has 2 N–H and O–H groups in total. The molecule has 0 radical (unpaired) electrons. The molecule has 0 unspecified atom stereocenters. The number of hydrogen-bond acceptors (Lipinski definition) is 3. The molecule has 0 heterocycles. The van der Waals surface area contributed by atoms with Crippen LogP contribution in [0.4, 0.5) is 10.5 Å². The summed E-state index contributed by atoms with van der Waals surface area (Å²) < 4.78 is 5.49. The molecular weight excluding hydrogens is 314 g/mol. The summed E-state index contributed by atoms with van der Waals surface area (Å²) in [4.78, 5) is 11.7. The number of urea groups is 1. The van der Waals surface area contributed by atoms with E-state index in [0.717, 1.165) is 17.7 Å². The molecule has 2 rings (SSSR count). The van der Waals surface area contributed by atoms with Crippen molar-refractivity contribution in [1.29, 1.82) is 0 Å². The molecule has 0 aliphatic rings. The lowest BCUT2D eigenvalue weighted by Gasteiger charge is -2.05. The molecule has 0 atom stereocenters. The summed E-state index contributed by atoms with van der Waals surface area (Å²) in [5.41, 5.74) is 3.85. The van der Waals surface area contributed by atoms with E-state index in [1.807, 2.05) is 24.3 Å². The van der Waals surface area contributed by atoms with Crippen LogP contribution in [0.2, 0.25) is 5.02 Å². The minimum Gasteiger partial charge on any atom is -0.494 e. The number of hydrazone groups is 1. The van der Waals surface area contributed by atoms with Gasteiger partial charge in [-0.25, -0.2) is 10.2 Å². The number of benzene rings is 2. The quantitative estimate of drug-likeness (QED) is 0.613. The van der Waals surface area contributed by atoms with Crippen LogP contribution in [-0.4, -0.2) is 18.9 Å². The van der Waals surface area contributed by atoms with Crippen LogP contribution >= 0.6 is 11.6 Å². The molecule has 120 valence electrons. The van der Waals surface area contributed by atoms with E-state index < -0.39 is 6.03 Å². The van der Waals surface area contributed by atoms with E-state index in [1.165, 1.54) is 0 Å². The van der Waals surface area contributed by atoms with E-state index in [4.69, 9.17) is 16.3 Å². The van der Waals surface area contributed by atoms with Crippen molar-refractivity contribution in [3.8, 4) is 5.75 Å². The van der Waals surface area contributed by atoms with Crippen molar-refractivity contribution in [2.24, 2.45) is 5.10 Å². The highest BCUT2D eigenvalue weighted by atomic mass is 35.5. The second-order valence-electron chi connectivity index (χ2n) is 4.75. The van der Waals surface area contributed by atoms with Gasteiger partial charge in [0.1, 0.15) is 5.75 Å². The molecule has 23 heavy (non-hydrogen) atoms. The molecule has 0 aliphatic carbocycles. The van der Waals surface area contributed by atoms with E-state index in [-0.39, 0.29) is 0 Å². The van der Waals surface area contributed by atoms with Gasteiger partial charge < -0.3 is 10.1 Å². The van der Waals surface area contributed by atoms with Crippen LogP contribution in [0.25, 0.3) is 0 Å². The number of nitrogens with zero attached hydrogens (tertiary/aromatic N) is 1. The number of nitrogens with one attached hydrogen (secondary N) is 2. The summed E-state index contributed by atoms with van der Waals surface area (Å²) in [6, 6.07) is 13.9. The van der Waals surface area contributed by atoms with Crippen LogP contribution < -0.4 is 15.5 Å². The fourth-order valence-corrected chi connectivity index (χ4v) is 1.95. The van der Waals surface area contributed by atoms with Gasteiger partial charge in [-0.2, -0.15) is 5.10 Å². The average Bonchev–Trinajstić information content (AvgIpc) is 2.54. The summed E-state index contributed by atoms with van der Waals surface area (Å²) in [7, 11) is 0. The van der Waals surface area contributed by atoms with Crippen LogP contribution in [0.3, 0.4) is 0 Å². The summed E-state index contributed by atoms with van der Waals surface area (Å²) in [6.45, 7) is 2.75. The molecule has 0 aliphatic heterocycles. The SMILES string of the molecule is CCCOc1ccc(/C=N\NC(=O)Nc2cccc(Cl)c2)cc1. The zero-order valence-electron chi connectivity index (χ0n) is 12.8. The monoisotopic (exact) mass is 331 g/mol. The van der Waals surface area contributed by atoms with Crippen molar-refractivity contribution < 1.29 is 9.53 Å². The molecular formula is C17H18ClN3O2. The zero-order chi connectivity index (χ0) is 16.5. The second kappa shape index (κ2) is 8.80. The number of ether oxygens (including phenoxy) is 1. The normalized spacial score (nSPS) is 10.5. The zero-order valence-corrected chi connectivity index (χ0v) is 13.5. The first-order valence-corrected chi connectivity index (χ1v) is 7.63. The molecule has 2 amide bonds. The molecule has 6 heteroatoms. The molecule has 0 saturated heterocycles. The number of hydrogen-bond donors (Lipinski definition) is 2. The Morgan fingerprint density at radius 1 is 1.26 bits per heavy atom. The van der Waals surface area contributed by atoms with Gasteiger partial charge in [0.25, 0.3) is 0 Å². The highest BCUT2D eigenvalue weighted by Crippen LogP contribution is 2.14. The van der Waals surface area contributed by atoms with E-state index in [9.17, 15) is 4.79 Å². The van der Waals surface area contributed by atoms with Crippen molar-refractivity contribution in [2.45, 2.75) is 13.3 Å². The third kappa shape index (κ3) is 6.00. The van der Waals surface area contributed by atoms with Crippen LogP contribution in [0.5, 0.6) is 5.75 Å². The molecule has 2 aromatic carbocycles. The van der Waals surface area contributed by atoms with Gasteiger partial charge in [0.05, 0.1) is 12.8 Å². The summed E-state index contributed by atoms with van der Waals surface area (Å²) in [5, 5.41) is 7.08. The number of carbonyl (C=O) groups is 1. The van der Waals surface area contributed by atoms with Gasteiger partial charge in [-0.3, -0.25) is 0 Å². The van der Waals surface area contributed by atoms with Crippen molar-refractivity contribution in [2.75, 3.05) is 11.9 Å². The number of anilines is 1. The van der Waals surface area contributed by atoms with Gasteiger partial charge in [-0.05, 0) is 54.4 Å². The minimum atomic E-state index is -0.439. The summed E-state index contributed by atoms with van der Waals surface area (Å²) in [5.74, 6) is 0.815. The Kier molecular flexibility index (Phi) is 6.44. The van der Waals surface area contributed by atoms with E-state index in [2.05, 4.69) is 22.8 Å². The van der Waals surface area contributed by atoms with Crippen molar-refractivity contribution in [3.05, 3.63) is 59.1 Å². The van der Waals surface area contributed by atoms with Gasteiger partial charge in [0.2, 0.25) is 0 Å². The Hall–Kier alpha value is -2.53. The Morgan fingerprint density at radius 2 is 2.04 bits per heavy atom. The Balaban J connectivity index is 1.82. The largest absolute Gasteiger partial charge is 0.494 e. The molecule has 0 fully saturated rings. The van der Waals surface area contributed by atoms with Crippen LogP contribution in [0.1, 0.15) is 18.9 Å². The number of halogens is 1. The maximum absolute atomic E-state index is 11.7. The minimum absolute atomic E-state index is 0.439. The molecule has 5 nitrogen and oxygen atoms in total. The molecule has 2 aromatic rings. The first kappa shape index (κ1) is 16.8. The topological polar surface area (TPSA) is 62.7 Å². The molecule has 0 saturated carbocycles. The lowest BCUT2D eigenvalue weighted by Crippen LogP contribution is -2.24. The Bertz CT molecular complexity index is 672.